The Morgan fingerprint density at radius 3 is 2.27 bits per heavy atom. The van der Waals surface area contributed by atoms with Crippen LogP contribution in [0.25, 0.3) is 0 Å². The fourth-order valence-corrected chi connectivity index (χ4v) is 3.48. The molecular weight excluding hydrogens is 302 g/mol. The molecule has 0 saturated carbocycles. The molecule has 0 radical (unpaired) electrons. The molecular formula is C16H21NO4S. The predicted molar refractivity (Wildman–Crippen MR) is 84.7 cm³/mol. The summed E-state index contributed by atoms with van der Waals surface area (Å²) in [4.78, 5) is 0.149. The summed E-state index contributed by atoms with van der Waals surface area (Å²) in [6.45, 7) is 7.61. The van der Waals surface area contributed by atoms with Crippen LogP contribution in [-0.4, -0.2) is 15.5 Å². The van der Waals surface area contributed by atoms with Crippen LogP contribution in [0.4, 0.5) is 0 Å². The summed E-state index contributed by atoms with van der Waals surface area (Å²) in [6, 6.07) is 5.19. The topological polar surface area (TPSA) is 68.5 Å². The van der Waals surface area contributed by atoms with Crippen molar-refractivity contribution in [2.24, 2.45) is 0 Å². The second-order valence-electron chi connectivity index (χ2n) is 5.35. The summed E-state index contributed by atoms with van der Waals surface area (Å²) in [5.74, 6) is 1.82. The van der Waals surface area contributed by atoms with E-state index in [4.69, 9.17) is 9.15 Å². The molecule has 120 valence electrons. The zero-order valence-electron chi connectivity index (χ0n) is 13.5. The van der Waals surface area contributed by atoms with Crippen LogP contribution in [-0.2, 0) is 16.6 Å². The van der Waals surface area contributed by atoms with Gasteiger partial charge < -0.3 is 9.15 Å². The Kier molecular flexibility index (Phi) is 4.63. The second-order valence-corrected chi connectivity index (χ2v) is 7.09. The molecule has 1 aromatic carbocycles. The summed E-state index contributed by atoms with van der Waals surface area (Å²) in [5, 5.41) is 0. The lowest BCUT2D eigenvalue weighted by Gasteiger charge is -2.13. The number of nitrogens with one attached hydrogen (secondary N) is 1. The molecule has 0 saturated heterocycles. The van der Waals surface area contributed by atoms with Crippen molar-refractivity contribution in [1.29, 1.82) is 0 Å². The lowest BCUT2D eigenvalue weighted by Crippen LogP contribution is -2.24. The third-order valence-corrected chi connectivity index (χ3v) is 5.09. The number of ether oxygens (including phenoxy) is 1. The zero-order valence-corrected chi connectivity index (χ0v) is 14.3. The van der Waals surface area contributed by atoms with Crippen LogP contribution >= 0.6 is 0 Å². The van der Waals surface area contributed by atoms with Gasteiger partial charge in [0.15, 0.2) is 0 Å². The summed E-state index contributed by atoms with van der Waals surface area (Å²) >= 11 is 0. The molecule has 5 nitrogen and oxygen atoms in total. The minimum absolute atomic E-state index is 0.149. The molecule has 0 atom stereocenters. The molecule has 0 fully saturated rings. The number of hydrogen-bond donors (Lipinski definition) is 1. The van der Waals surface area contributed by atoms with Crippen molar-refractivity contribution in [3.8, 4) is 5.75 Å². The molecule has 0 aliphatic heterocycles. The van der Waals surface area contributed by atoms with Gasteiger partial charge in [-0.3, -0.25) is 0 Å². The maximum atomic E-state index is 12.5. The van der Waals surface area contributed by atoms with E-state index < -0.39 is 10.0 Å². The van der Waals surface area contributed by atoms with Crippen molar-refractivity contribution >= 4 is 10.0 Å². The highest BCUT2D eigenvalue weighted by molar-refractivity contribution is 7.89. The molecule has 1 heterocycles. The SMILES string of the molecule is COc1cc(C)c(C)cc1S(=O)(=O)NCc1cc(C)oc1C. The Morgan fingerprint density at radius 1 is 1.09 bits per heavy atom. The molecule has 1 N–H and O–H groups in total. The third kappa shape index (κ3) is 3.34. The van der Waals surface area contributed by atoms with E-state index in [1.807, 2.05) is 33.8 Å². The third-order valence-electron chi connectivity index (χ3n) is 3.67. The Hall–Kier alpha value is -1.79. The molecule has 2 rings (SSSR count). The summed E-state index contributed by atoms with van der Waals surface area (Å²) in [7, 11) is -2.20. The van der Waals surface area contributed by atoms with E-state index in [0.717, 1.165) is 22.5 Å². The fraction of sp³-hybridized carbons (Fsp3) is 0.375. The first-order valence-corrected chi connectivity index (χ1v) is 8.43. The number of sulfonamides is 1. The van der Waals surface area contributed by atoms with Crippen LogP contribution in [0.1, 0.15) is 28.2 Å². The number of methoxy groups -OCH3 is 1. The highest BCUT2D eigenvalue weighted by atomic mass is 32.2. The average molecular weight is 323 g/mol. The smallest absolute Gasteiger partial charge is 0.244 e. The Balaban J connectivity index is 2.31. The normalized spacial score (nSPS) is 11.7. The van der Waals surface area contributed by atoms with Gasteiger partial charge in [-0.1, -0.05) is 0 Å². The first kappa shape index (κ1) is 16.6. The van der Waals surface area contributed by atoms with Gasteiger partial charge in [-0.05, 0) is 57.0 Å². The van der Waals surface area contributed by atoms with Crippen molar-refractivity contribution in [3.63, 3.8) is 0 Å². The van der Waals surface area contributed by atoms with Crippen molar-refractivity contribution in [2.75, 3.05) is 7.11 Å². The number of furan rings is 1. The fourth-order valence-electron chi connectivity index (χ4n) is 2.24. The number of rotatable bonds is 5. The second kappa shape index (κ2) is 6.14. The first-order chi connectivity index (χ1) is 10.2. The highest BCUT2D eigenvalue weighted by Crippen LogP contribution is 2.27. The number of aryl methyl sites for hydroxylation is 4. The zero-order chi connectivity index (χ0) is 16.5. The van der Waals surface area contributed by atoms with Gasteiger partial charge in [0, 0.05) is 12.1 Å². The molecule has 2 aromatic rings. The standard InChI is InChI=1S/C16H21NO4S/c1-10-6-15(20-5)16(7-11(10)2)22(18,19)17-9-14-8-12(3)21-13(14)4/h6-8,17H,9H2,1-5H3. The van der Waals surface area contributed by atoms with Crippen molar-refractivity contribution in [1.82, 2.24) is 4.72 Å². The summed E-state index contributed by atoms with van der Waals surface area (Å²) < 4.78 is 38.3. The van der Waals surface area contributed by atoms with Gasteiger partial charge in [-0.15, -0.1) is 0 Å². The van der Waals surface area contributed by atoms with E-state index in [1.54, 1.807) is 12.1 Å². The van der Waals surface area contributed by atoms with E-state index in [1.165, 1.54) is 7.11 Å². The van der Waals surface area contributed by atoms with E-state index in [-0.39, 0.29) is 11.4 Å². The van der Waals surface area contributed by atoms with Crippen LogP contribution in [0.2, 0.25) is 0 Å². The molecule has 0 aliphatic rings. The Bertz CT molecular complexity index is 791. The van der Waals surface area contributed by atoms with Crippen molar-refractivity contribution in [3.05, 3.63) is 46.4 Å². The molecule has 0 amide bonds. The van der Waals surface area contributed by atoms with Crippen LogP contribution in [0.15, 0.2) is 27.5 Å². The van der Waals surface area contributed by atoms with Crippen molar-refractivity contribution < 1.29 is 17.6 Å². The van der Waals surface area contributed by atoms with Crippen molar-refractivity contribution in [2.45, 2.75) is 39.1 Å². The molecule has 0 unspecified atom stereocenters. The molecule has 1 aromatic heterocycles. The van der Waals surface area contributed by atoms with E-state index in [0.29, 0.717) is 11.5 Å². The first-order valence-electron chi connectivity index (χ1n) is 6.95. The summed E-state index contributed by atoms with van der Waals surface area (Å²) in [5.41, 5.74) is 2.71. The quantitative estimate of drug-likeness (QED) is 0.918. The van der Waals surface area contributed by atoms with E-state index in [9.17, 15) is 8.42 Å². The van der Waals surface area contributed by atoms with Crippen LogP contribution in [0.5, 0.6) is 5.75 Å². The van der Waals surface area contributed by atoms with Crippen LogP contribution in [0.3, 0.4) is 0 Å². The monoisotopic (exact) mass is 323 g/mol. The molecule has 0 spiro atoms. The minimum Gasteiger partial charge on any atom is -0.495 e. The molecule has 0 bridgehead atoms. The summed E-state index contributed by atoms with van der Waals surface area (Å²) in [6.07, 6.45) is 0. The minimum atomic E-state index is -3.66. The van der Waals surface area contributed by atoms with Gasteiger partial charge in [-0.2, -0.15) is 0 Å². The number of benzene rings is 1. The predicted octanol–water partition coefficient (Wildman–Crippen LogP) is 3.00. The maximum absolute atomic E-state index is 12.5. The van der Waals surface area contributed by atoms with Gasteiger partial charge in [0.05, 0.1) is 7.11 Å². The van der Waals surface area contributed by atoms with E-state index >= 15 is 0 Å². The molecule has 0 aliphatic carbocycles. The molecule has 6 heteroatoms. The van der Waals surface area contributed by atoms with Crippen LogP contribution < -0.4 is 9.46 Å². The van der Waals surface area contributed by atoms with Gasteiger partial charge in [0.2, 0.25) is 10.0 Å². The highest BCUT2D eigenvalue weighted by Gasteiger charge is 2.21. The van der Waals surface area contributed by atoms with Crippen LogP contribution in [0, 0.1) is 27.7 Å². The number of hydrogen-bond acceptors (Lipinski definition) is 4. The van der Waals surface area contributed by atoms with Gasteiger partial charge in [0.25, 0.3) is 0 Å². The van der Waals surface area contributed by atoms with Gasteiger partial charge in [-0.25, -0.2) is 13.1 Å². The maximum Gasteiger partial charge on any atom is 0.244 e. The van der Waals surface area contributed by atoms with E-state index in [2.05, 4.69) is 4.72 Å². The Morgan fingerprint density at radius 2 is 1.73 bits per heavy atom. The lowest BCUT2D eigenvalue weighted by molar-refractivity contribution is 0.401. The van der Waals surface area contributed by atoms with Gasteiger partial charge >= 0.3 is 0 Å². The molecule has 22 heavy (non-hydrogen) atoms. The average Bonchev–Trinajstić information content (AvgIpc) is 2.77. The van der Waals surface area contributed by atoms with Gasteiger partial charge in [0.1, 0.15) is 22.2 Å². The largest absolute Gasteiger partial charge is 0.495 e. The lowest BCUT2D eigenvalue weighted by atomic mass is 10.1. The Labute approximate surface area is 131 Å².